The quantitative estimate of drug-likeness (QED) is 0.604. The minimum atomic E-state index is -0.207. The van der Waals surface area contributed by atoms with Crippen molar-refractivity contribution in [2.45, 2.75) is 26.3 Å². The van der Waals surface area contributed by atoms with Crippen LogP contribution in [0, 0.1) is 0 Å². The normalized spacial score (nSPS) is 10.7. The number of pyridine rings is 1. The number of rotatable bonds is 4. The third kappa shape index (κ3) is 2.12. The van der Waals surface area contributed by atoms with Crippen molar-refractivity contribution < 1.29 is 0 Å². The van der Waals surface area contributed by atoms with E-state index in [1.165, 1.54) is 0 Å². The van der Waals surface area contributed by atoms with Gasteiger partial charge in [-0.25, -0.2) is 15.8 Å². The van der Waals surface area contributed by atoms with Gasteiger partial charge in [-0.2, -0.15) is 0 Å². The maximum absolute atomic E-state index is 12.1. The highest BCUT2D eigenvalue weighted by Crippen LogP contribution is 2.09. The number of nitrogens with zero attached hydrogens (tertiary/aromatic N) is 3. The molecule has 0 radical (unpaired) electrons. The van der Waals surface area contributed by atoms with Gasteiger partial charge in [-0.1, -0.05) is 13.3 Å². The maximum Gasteiger partial charge on any atom is 0.295 e. The molecular formula is C11H15N5O. The molecule has 0 aliphatic carbocycles. The molecule has 3 N–H and O–H groups in total. The number of unbranched alkanes of at least 4 members (excludes halogenated alkanes) is 1. The van der Waals surface area contributed by atoms with Crippen LogP contribution < -0.4 is 16.8 Å². The molecule has 0 bridgehead atoms. The topological polar surface area (TPSA) is 85.8 Å². The number of hydrazine groups is 1. The first kappa shape index (κ1) is 11.5. The zero-order chi connectivity index (χ0) is 12.3. The van der Waals surface area contributed by atoms with Crippen LogP contribution in [0.15, 0.2) is 23.1 Å². The summed E-state index contributed by atoms with van der Waals surface area (Å²) in [4.78, 5) is 20.3. The van der Waals surface area contributed by atoms with Gasteiger partial charge < -0.3 is 9.99 Å². The smallest absolute Gasteiger partial charge is 0.295 e. The monoisotopic (exact) mass is 233 g/mol. The Hall–Kier alpha value is -1.95. The molecule has 6 nitrogen and oxygen atoms in total. The summed E-state index contributed by atoms with van der Waals surface area (Å²) in [5, 5.41) is 0. The Morgan fingerprint density at radius 1 is 1.53 bits per heavy atom. The molecule has 0 saturated carbocycles. The van der Waals surface area contributed by atoms with E-state index in [0.717, 1.165) is 18.4 Å². The van der Waals surface area contributed by atoms with Gasteiger partial charge in [0.25, 0.3) is 5.56 Å². The maximum atomic E-state index is 12.1. The number of nitrogen functional groups attached to an aromatic ring is 1. The first-order valence-corrected chi connectivity index (χ1v) is 5.60. The molecule has 2 heterocycles. The van der Waals surface area contributed by atoms with Gasteiger partial charge in [0.1, 0.15) is 0 Å². The summed E-state index contributed by atoms with van der Waals surface area (Å²) in [6.07, 6.45) is 3.59. The zero-order valence-corrected chi connectivity index (χ0v) is 9.68. The highest BCUT2D eigenvalue weighted by atomic mass is 16.1. The number of nitrogens with one attached hydrogen (secondary N) is 1. The summed E-state index contributed by atoms with van der Waals surface area (Å²) < 4.78 is 1.66. The van der Waals surface area contributed by atoms with E-state index < -0.39 is 0 Å². The van der Waals surface area contributed by atoms with E-state index in [9.17, 15) is 4.79 Å². The van der Waals surface area contributed by atoms with E-state index in [1.54, 1.807) is 16.8 Å². The third-order valence-corrected chi connectivity index (χ3v) is 2.59. The SMILES string of the molecule is CCCCn1c(=O)c(NN)nc2ncccc21. The van der Waals surface area contributed by atoms with Crippen LogP contribution in [0.3, 0.4) is 0 Å². The Kier molecular flexibility index (Phi) is 3.34. The van der Waals surface area contributed by atoms with Gasteiger partial charge in [0.2, 0.25) is 5.82 Å². The van der Waals surface area contributed by atoms with Crippen molar-refractivity contribution in [3.05, 3.63) is 28.7 Å². The van der Waals surface area contributed by atoms with Gasteiger partial charge in [-0.15, -0.1) is 0 Å². The molecular weight excluding hydrogens is 218 g/mol. The van der Waals surface area contributed by atoms with Crippen molar-refractivity contribution >= 4 is 17.0 Å². The third-order valence-electron chi connectivity index (χ3n) is 2.59. The van der Waals surface area contributed by atoms with Crippen LogP contribution in [0.1, 0.15) is 19.8 Å². The summed E-state index contributed by atoms with van der Waals surface area (Å²) in [6, 6.07) is 3.63. The van der Waals surface area contributed by atoms with Gasteiger partial charge in [-0.05, 0) is 18.6 Å². The van der Waals surface area contributed by atoms with Crippen LogP contribution in [0.25, 0.3) is 11.2 Å². The lowest BCUT2D eigenvalue weighted by Crippen LogP contribution is -2.28. The van der Waals surface area contributed by atoms with Crippen LogP contribution in [0.4, 0.5) is 5.82 Å². The zero-order valence-electron chi connectivity index (χ0n) is 9.68. The Morgan fingerprint density at radius 3 is 3.06 bits per heavy atom. The summed E-state index contributed by atoms with van der Waals surface area (Å²) >= 11 is 0. The van der Waals surface area contributed by atoms with Crippen molar-refractivity contribution in [2.75, 3.05) is 5.43 Å². The molecule has 2 rings (SSSR count). The number of anilines is 1. The van der Waals surface area contributed by atoms with Crippen molar-refractivity contribution in [3.63, 3.8) is 0 Å². The van der Waals surface area contributed by atoms with Gasteiger partial charge >= 0.3 is 0 Å². The Balaban J connectivity index is 2.66. The van der Waals surface area contributed by atoms with Crippen LogP contribution in [0.2, 0.25) is 0 Å². The molecule has 0 spiro atoms. The van der Waals surface area contributed by atoms with E-state index in [4.69, 9.17) is 5.84 Å². The van der Waals surface area contributed by atoms with Crippen molar-refractivity contribution in [1.82, 2.24) is 14.5 Å². The molecule has 6 heteroatoms. The standard InChI is InChI=1S/C11H15N5O/c1-2-3-7-16-8-5-4-6-13-9(8)14-10(15-12)11(16)17/h4-6H,2-3,7,12H2,1H3,(H,13,14,15). The van der Waals surface area contributed by atoms with E-state index in [1.807, 2.05) is 6.07 Å². The molecule has 0 saturated heterocycles. The summed E-state index contributed by atoms with van der Waals surface area (Å²) in [5.74, 6) is 5.42. The van der Waals surface area contributed by atoms with Crippen LogP contribution in [0.5, 0.6) is 0 Å². The van der Waals surface area contributed by atoms with E-state index in [-0.39, 0.29) is 11.4 Å². The second-order valence-corrected chi connectivity index (χ2v) is 3.76. The molecule has 0 aromatic carbocycles. The first-order chi connectivity index (χ1) is 8.27. The highest BCUT2D eigenvalue weighted by molar-refractivity contribution is 5.71. The first-order valence-electron chi connectivity index (χ1n) is 5.60. The molecule has 2 aromatic rings. The fourth-order valence-electron chi connectivity index (χ4n) is 1.71. The number of aromatic nitrogens is 3. The molecule has 0 amide bonds. The van der Waals surface area contributed by atoms with Crippen molar-refractivity contribution in [3.8, 4) is 0 Å². The number of hydrogen-bond donors (Lipinski definition) is 2. The minimum Gasteiger partial charge on any atom is -0.304 e. The second-order valence-electron chi connectivity index (χ2n) is 3.76. The molecule has 0 fully saturated rings. The molecule has 0 aliphatic rings. The lowest BCUT2D eigenvalue weighted by atomic mass is 10.3. The number of aryl methyl sites for hydroxylation is 1. The van der Waals surface area contributed by atoms with E-state index in [0.29, 0.717) is 12.2 Å². The van der Waals surface area contributed by atoms with E-state index in [2.05, 4.69) is 22.3 Å². The van der Waals surface area contributed by atoms with E-state index >= 15 is 0 Å². The summed E-state index contributed by atoms with van der Waals surface area (Å²) in [5.41, 5.74) is 3.38. The second kappa shape index (κ2) is 4.92. The number of nitrogens with two attached hydrogens (primary N) is 1. The van der Waals surface area contributed by atoms with Crippen molar-refractivity contribution in [1.29, 1.82) is 0 Å². The molecule has 0 atom stereocenters. The lowest BCUT2D eigenvalue weighted by Gasteiger charge is -2.10. The predicted molar refractivity (Wildman–Crippen MR) is 66.5 cm³/mol. The fourth-order valence-corrected chi connectivity index (χ4v) is 1.71. The lowest BCUT2D eigenvalue weighted by molar-refractivity contribution is 0.629. The highest BCUT2D eigenvalue weighted by Gasteiger charge is 2.09. The largest absolute Gasteiger partial charge is 0.304 e. The van der Waals surface area contributed by atoms with Gasteiger partial charge in [0, 0.05) is 12.7 Å². The molecule has 17 heavy (non-hydrogen) atoms. The molecule has 0 unspecified atom stereocenters. The van der Waals surface area contributed by atoms with Crippen LogP contribution in [-0.2, 0) is 6.54 Å². The average Bonchev–Trinajstić information content (AvgIpc) is 2.37. The fraction of sp³-hybridized carbons (Fsp3) is 0.364. The van der Waals surface area contributed by atoms with Gasteiger partial charge in [0.15, 0.2) is 5.65 Å². The Labute approximate surface area is 98.5 Å². The summed E-state index contributed by atoms with van der Waals surface area (Å²) in [6.45, 7) is 2.73. The minimum absolute atomic E-state index is 0.132. The average molecular weight is 233 g/mol. The van der Waals surface area contributed by atoms with Crippen LogP contribution in [-0.4, -0.2) is 14.5 Å². The predicted octanol–water partition coefficient (Wildman–Crippen LogP) is 0.877. The number of hydrogen-bond acceptors (Lipinski definition) is 5. The van der Waals surface area contributed by atoms with Gasteiger partial charge in [-0.3, -0.25) is 4.79 Å². The molecule has 0 aliphatic heterocycles. The molecule has 90 valence electrons. The van der Waals surface area contributed by atoms with Gasteiger partial charge in [0.05, 0.1) is 5.52 Å². The number of fused-ring (bicyclic) bond motifs is 1. The van der Waals surface area contributed by atoms with Crippen LogP contribution >= 0.6 is 0 Å². The Bertz CT molecular complexity index is 578. The van der Waals surface area contributed by atoms with Crippen molar-refractivity contribution in [2.24, 2.45) is 5.84 Å². The summed E-state index contributed by atoms with van der Waals surface area (Å²) in [7, 11) is 0. The Morgan fingerprint density at radius 2 is 2.35 bits per heavy atom. The molecule has 2 aromatic heterocycles.